The van der Waals surface area contributed by atoms with Crippen molar-refractivity contribution in [2.24, 2.45) is 0 Å². The van der Waals surface area contributed by atoms with Gasteiger partial charge in [-0.1, -0.05) is 11.3 Å². The third-order valence-electron chi connectivity index (χ3n) is 4.74. The van der Waals surface area contributed by atoms with E-state index in [0.29, 0.717) is 11.6 Å². The number of nitrogens with one attached hydrogen (secondary N) is 2. The molecular weight excluding hydrogens is 410 g/mol. The van der Waals surface area contributed by atoms with Gasteiger partial charge in [-0.25, -0.2) is 15.0 Å². The maximum absolute atomic E-state index is 5.99. The molecule has 4 rings (SSSR count). The molecule has 1 aliphatic rings. The number of hydrogen-bond acceptors (Lipinski definition) is 9. The molecule has 1 saturated heterocycles. The van der Waals surface area contributed by atoms with Crippen LogP contribution in [0.4, 0.5) is 16.8 Å². The van der Waals surface area contributed by atoms with E-state index < -0.39 is 0 Å². The van der Waals surface area contributed by atoms with Crippen LogP contribution in [0.5, 0.6) is 0 Å². The number of rotatable bonds is 8. The van der Waals surface area contributed by atoms with Crippen LogP contribution in [0.25, 0.3) is 10.3 Å². The summed E-state index contributed by atoms with van der Waals surface area (Å²) in [7, 11) is 2.07. The number of anilines is 3. The molecule has 0 saturated carbocycles. The number of aromatic nitrogens is 3. The largest absolute Gasteiger partial charge is 0.384 e. The van der Waals surface area contributed by atoms with Gasteiger partial charge in [-0.2, -0.15) is 0 Å². The van der Waals surface area contributed by atoms with Gasteiger partial charge in [0.25, 0.3) is 0 Å². The minimum Gasteiger partial charge on any atom is -0.384 e. The second-order valence-electron chi connectivity index (χ2n) is 7.68. The third kappa shape index (κ3) is 7.70. The zero-order valence-electron chi connectivity index (χ0n) is 18.6. The van der Waals surface area contributed by atoms with Crippen molar-refractivity contribution in [3.05, 3.63) is 36.0 Å². The number of nitrogen functional groups attached to an aromatic ring is 1. The summed E-state index contributed by atoms with van der Waals surface area (Å²) in [5.41, 5.74) is 7.95. The van der Waals surface area contributed by atoms with Crippen LogP contribution in [0.3, 0.4) is 0 Å². The number of ether oxygens (including phenoxy) is 1. The highest BCUT2D eigenvalue weighted by Gasteiger charge is 2.10. The molecule has 0 radical (unpaired) electrons. The van der Waals surface area contributed by atoms with Gasteiger partial charge in [-0.3, -0.25) is 4.90 Å². The molecule has 4 heterocycles. The summed E-state index contributed by atoms with van der Waals surface area (Å²) in [5.74, 6) is 1.17. The first-order chi connectivity index (χ1) is 15.0. The number of pyridine rings is 2. The molecule has 3 aromatic rings. The molecule has 1 atom stereocenters. The molecule has 1 fully saturated rings. The van der Waals surface area contributed by atoms with Gasteiger partial charge in [0.1, 0.15) is 22.0 Å². The summed E-state index contributed by atoms with van der Waals surface area (Å²) >= 11 is 1.49. The van der Waals surface area contributed by atoms with Crippen molar-refractivity contribution in [3.8, 4) is 0 Å². The quantitative estimate of drug-likeness (QED) is 0.485. The topological polar surface area (TPSA) is 101 Å². The number of fused-ring (bicyclic) bond motifs is 1. The lowest BCUT2D eigenvalue weighted by molar-refractivity contribution is 0.0504. The van der Waals surface area contributed by atoms with E-state index >= 15 is 0 Å². The Hall–Kier alpha value is -2.33. The van der Waals surface area contributed by atoms with Crippen molar-refractivity contribution in [1.29, 1.82) is 0 Å². The molecule has 3 aromatic heterocycles. The van der Waals surface area contributed by atoms with Gasteiger partial charge in [-0.15, -0.1) is 0 Å². The van der Waals surface area contributed by atoms with Crippen LogP contribution in [0.1, 0.15) is 32.3 Å². The average molecular weight is 444 g/mol. The Kier molecular flexibility index (Phi) is 8.96. The van der Waals surface area contributed by atoms with Crippen LogP contribution < -0.4 is 16.4 Å². The Balaban J connectivity index is 0.000000478. The van der Waals surface area contributed by atoms with Gasteiger partial charge in [-0.05, 0) is 76.7 Å². The fourth-order valence-electron chi connectivity index (χ4n) is 3.48. The zero-order valence-corrected chi connectivity index (χ0v) is 19.4. The van der Waals surface area contributed by atoms with Crippen molar-refractivity contribution in [2.45, 2.75) is 39.3 Å². The Labute approximate surface area is 188 Å². The zero-order chi connectivity index (χ0) is 22.1. The maximum Gasteiger partial charge on any atom is 0.190 e. The highest BCUT2D eigenvalue weighted by Crippen LogP contribution is 2.26. The standard InChI is InChI=1S/C18H24N6OS.C4H9N/c1-4-25-12(2)10-24(3)11-13-8-15(19)22-16(9-13)23-18-21-14-6-5-7-20-17(14)26-18;1-2-4-5-3-1/h5-9,12H,4,10-11H2,1-3H3,(H3,19,21,22,23);5H,1-4H2. The van der Waals surface area contributed by atoms with Crippen molar-refractivity contribution >= 4 is 38.5 Å². The first kappa shape index (κ1) is 23.3. The van der Waals surface area contributed by atoms with Crippen LogP contribution in [0.2, 0.25) is 0 Å². The molecular formula is C22H33N7OS. The highest BCUT2D eigenvalue weighted by molar-refractivity contribution is 7.21. The Bertz CT molecular complexity index is 904. The summed E-state index contributed by atoms with van der Waals surface area (Å²) in [6.45, 7) is 8.93. The lowest BCUT2D eigenvalue weighted by atomic mass is 10.2. The highest BCUT2D eigenvalue weighted by atomic mass is 32.1. The van der Waals surface area contributed by atoms with E-state index in [0.717, 1.165) is 40.7 Å². The number of hydrogen-bond donors (Lipinski definition) is 3. The van der Waals surface area contributed by atoms with E-state index in [1.54, 1.807) is 6.20 Å². The average Bonchev–Trinajstić information content (AvgIpc) is 3.40. The van der Waals surface area contributed by atoms with E-state index in [2.05, 4.69) is 44.5 Å². The van der Waals surface area contributed by atoms with Gasteiger partial charge in [0.2, 0.25) is 0 Å². The normalized spacial score (nSPS) is 14.5. The Morgan fingerprint density at radius 1 is 1.29 bits per heavy atom. The monoisotopic (exact) mass is 443 g/mol. The Morgan fingerprint density at radius 3 is 2.77 bits per heavy atom. The summed E-state index contributed by atoms with van der Waals surface area (Å²) in [5, 5.41) is 7.22. The first-order valence-electron chi connectivity index (χ1n) is 10.8. The molecule has 31 heavy (non-hydrogen) atoms. The molecule has 1 aliphatic heterocycles. The lowest BCUT2D eigenvalue weighted by Gasteiger charge is -2.21. The lowest BCUT2D eigenvalue weighted by Crippen LogP contribution is -2.28. The van der Waals surface area contributed by atoms with E-state index in [-0.39, 0.29) is 6.10 Å². The van der Waals surface area contributed by atoms with E-state index in [9.17, 15) is 0 Å². The van der Waals surface area contributed by atoms with E-state index in [1.807, 2.05) is 31.2 Å². The van der Waals surface area contributed by atoms with Crippen LogP contribution in [-0.4, -0.2) is 59.2 Å². The summed E-state index contributed by atoms with van der Waals surface area (Å²) in [6.07, 6.45) is 4.73. The fourth-order valence-corrected chi connectivity index (χ4v) is 4.29. The molecule has 0 bridgehead atoms. The van der Waals surface area contributed by atoms with Gasteiger partial charge in [0, 0.05) is 25.9 Å². The number of likely N-dealkylation sites (N-methyl/N-ethyl adjacent to an activating group) is 1. The van der Waals surface area contributed by atoms with Gasteiger partial charge in [0.15, 0.2) is 5.13 Å². The molecule has 1 unspecified atom stereocenters. The van der Waals surface area contributed by atoms with Gasteiger partial charge < -0.3 is 21.1 Å². The second-order valence-corrected chi connectivity index (χ2v) is 8.65. The Morgan fingerprint density at radius 2 is 2.10 bits per heavy atom. The molecule has 0 aliphatic carbocycles. The van der Waals surface area contributed by atoms with Gasteiger partial charge in [0.05, 0.1) is 6.10 Å². The minimum absolute atomic E-state index is 0.192. The third-order valence-corrected chi connectivity index (χ3v) is 5.63. The van der Waals surface area contributed by atoms with Crippen LogP contribution >= 0.6 is 11.3 Å². The fraction of sp³-hybridized carbons (Fsp3) is 0.500. The summed E-state index contributed by atoms with van der Waals surface area (Å²) < 4.78 is 5.60. The van der Waals surface area contributed by atoms with Crippen LogP contribution in [0, 0.1) is 0 Å². The molecule has 168 valence electrons. The van der Waals surface area contributed by atoms with Crippen molar-refractivity contribution in [3.63, 3.8) is 0 Å². The first-order valence-corrected chi connectivity index (χ1v) is 11.6. The van der Waals surface area contributed by atoms with Crippen LogP contribution in [0.15, 0.2) is 30.5 Å². The van der Waals surface area contributed by atoms with Crippen LogP contribution in [-0.2, 0) is 11.3 Å². The second kappa shape index (κ2) is 11.9. The van der Waals surface area contributed by atoms with Crippen molar-refractivity contribution in [2.75, 3.05) is 44.3 Å². The van der Waals surface area contributed by atoms with E-state index in [4.69, 9.17) is 10.5 Å². The summed E-state index contributed by atoms with van der Waals surface area (Å²) in [6, 6.07) is 7.71. The predicted molar refractivity (Wildman–Crippen MR) is 129 cm³/mol. The molecule has 0 aromatic carbocycles. The van der Waals surface area contributed by atoms with E-state index in [1.165, 1.54) is 37.3 Å². The van der Waals surface area contributed by atoms with Crippen molar-refractivity contribution in [1.82, 2.24) is 25.2 Å². The predicted octanol–water partition coefficient (Wildman–Crippen LogP) is 3.64. The molecule has 0 spiro atoms. The SMILES string of the molecule is C1CCNC1.CCOC(C)CN(C)Cc1cc(N)nc(Nc2nc3cccnc3s2)c1. The maximum atomic E-state index is 5.99. The molecule has 4 N–H and O–H groups in total. The minimum atomic E-state index is 0.192. The number of nitrogens with two attached hydrogens (primary N) is 1. The molecule has 8 nitrogen and oxygen atoms in total. The van der Waals surface area contributed by atoms with Gasteiger partial charge >= 0.3 is 0 Å². The summed E-state index contributed by atoms with van der Waals surface area (Å²) in [4.78, 5) is 16.3. The molecule has 9 heteroatoms. The van der Waals surface area contributed by atoms with Crippen molar-refractivity contribution < 1.29 is 4.74 Å². The smallest absolute Gasteiger partial charge is 0.190 e. The number of nitrogens with zero attached hydrogens (tertiary/aromatic N) is 4. The molecule has 0 amide bonds. The number of thiazole rings is 1.